The summed E-state index contributed by atoms with van der Waals surface area (Å²) in [6.07, 6.45) is 3.94. The summed E-state index contributed by atoms with van der Waals surface area (Å²) in [7, 11) is 3.19. The maximum atomic E-state index is 10.7. The number of benzene rings is 1. The van der Waals surface area contributed by atoms with Crippen LogP contribution in [0.15, 0.2) is 36.9 Å². The zero-order valence-electron chi connectivity index (χ0n) is 13.2. The van der Waals surface area contributed by atoms with Crippen LogP contribution in [-0.4, -0.2) is 45.8 Å². The summed E-state index contributed by atoms with van der Waals surface area (Å²) in [4.78, 5) is 3.94. The van der Waals surface area contributed by atoms with Gasteiger partial charge in [-0.3, -0.25) is 0 Å². The molecule has 0 saturated heterocycles. The average Bonchev–Trinajstić information content (AvgIpc) is 3.06. The first-order valence-corrected chi connectivity index (χ1v) is 6.92. The van der Waals surface area contributed by atoms with Gasteiger partial charge < -0.3 is 14.6 Å². The fraction of sp³-hybridized carbons (Fsp3) is 0.375. The summed E-state index contributed by atoms with van der Waals surface area (Å²) in [5.74, 6) is 0.775. The Morgan fingerprint density at radius 2 is 1.95 bits per heavy atom. The second-order valence-corrected chi connectivity index (χ2v) is 5.39. The normalized spacial score (nSPS) is 14.0. The fourth-order valence-corrected chi connectivity index (χ4v) is 1.95. The van der Waals surface area contributed by atoms with E-state index in [-0.39, 0.29) is 0 Å². The molecule has 1 atom stereocenters. The van der Waals surface area contributed by atoms with Gasteiger partial charge >= 0.3 is 0 Å². The Morgan fingerprint density at radius 3 is 2.45 bits per heavy atom. The summed E-state index contributed by atoms with van der Waals surface area (Å²) in [5.41, 5.74) is 0.733. The van der Waals surface area contributed by atoms with Crippen molar-refractivity contribution in [2.24, 2.45) is 0 Å². The van der Waals surface area contributed by atoms with Crippen LogP contribution in [-0.2, 0) is 4.74 Å². The van der Waals surface area contributed by atoms with Gasteiger partial charge in [0.2, 0.25) is 0 Å². The quantitative estimate of drug-likeness (QED) is 0.884. The Kier molecular flexibility index (Phi) is 4.95. The highest BCUT2D eigenvalue weighted by Crippen LogP contribution is 2.25. The lowest BCUT2D eigenvalue weighted by molar-refractivity contribution is -0.0539. The Bertz CT molecular complexity index is 619. The van der Waals surface area contributed by atoms with Gasteiger partial charge in [0.25, 0.3) is 0 Å². The summed E-state index contributed by atoms with van der Waals surface area (Å²) < 4.78 is 12.1. The van der Waals surface area contributed by atoms with Gasteiger partial charge in [0.15, 0.2) is 0 Å². The molecule has 2 aromatic rings. The third-order valence-corrected chi connectivity index (χ3v) is 3.58. The lowest BCUT2D eigenvalue weighted by Gasteiger charge is -2.30. The van der Waals surface area contributed by atoms with E-state index >= 15 is 0 Å². The second kappa shape index (κ2) is 6.72. The molecule has 2 rings (SSSR count). The lowest BCUT2D eigenvalue weighted by Crippen LogP contribution is -2.40. The largest absolute Gasteiger partial charge is 0.497 e. The molecule has 1 aromatic heterocycles. The second-order valence-electron chi connectivity index (χ2n) is 5.39. The highest BCUT2D eigenvalue weighted by Gasteiger charge is 2.32. The number of hydrogen-bond donors (Lipinski definition) is 1. The Labute approximate surface area is 130 Å². The molecule has 0 saturated carbocycles. The number of rotatable bonds is 6. The lowest BCUT2D eigenvalue weighted by atomic mass is 9.97. The Hall–Kier alpha value is -2.18. The Morgan fingerprint density at radius 1 is 1.27 bits per heavy atom. The van der Waals surface area contributed by atoms with E-state index in [9.17, 15) is 5.11 Å². The van der Waals surface area contributed by atoms with Crippen LogP contribution in [0.4, 0.5) is 0 Å². The number of aromatic nitrogens is 3. The molecule has 1 N–H and O–H groups in total. The van der Waals surface area contributed by atoms with Crippen LogP contribution in [0.1, 0.15) is 19.4 Å². The van der Waals surface area contributed by atoms with Crippen molar-refractivity contribution in [2.45, 2.75) is 25.6 Å². The molecule has 0 fully saturated rings. The topological polar surface area (TPSA) is 69.4 Å². The van der Waals surface area contributed by atoms with Gasteiger partial charge in [-0.05, 0) is 37.6 Å². The van der Waals surface area contributed by atoms with Gasteiger partial charge in [0.05, 0.1) is 18.4 Å². The first-order valence-electron chi connectivity index (χ1n) is 6.92. The molecule has 6 heteroatoms. The van der Waals surface area contributed by atoms with Crippen molar-refractivity contribution in [1.82, 2.24) is 14.8 Å². The van der Waals surface area contributed by atoms with Crippen molar-refractivity contribution >= 4 is 11.8 Å². The minimum atomic E-state index is -0.874. The average molecular weight is 303 g/mol. The maximum absolute atomic E-state index is 10.7. The van der Waals surface area contributed by atoms with Crippen LogP contribution < -0.4 is 4.74 Å². The van der Waals surface area contributed by atoms with Gasteiger partial charge in [-0.25, -0.2) is 9.67 Å². The molecule has 22 heavy (non-hydrogen) atoms. The molecule has 0 spiro atoms. The molecule has 118 valence electrons. The molecule has 6 nitrogen and oxygen atoms in total. The van der Waals surface area contributed by atoms with Gasteiger partial charge in [0, 0.05) is 7.11 Å². The van der Waals surface area contributed by atoms with E-state index in [0.717, 1.165) is 11.3 Å². The smallest absolute Gasteiger partial charge is 0.138 e. The van der Waals surface area contributed by atoms with E-state index in [4.69, 9.17) is 9.47 Å². The molecule has 0 aliphatic carbocycles. The standard InChI is InChI=1S/C16H21N3O3/c1-16(2,22-4)15(20)14(19-11-17-10-18-19)9-12-5-7-13(21-3)8-6-12/h5-11,15,20H,1-4H3. The van der Waals surface area contributed by atoms with E-state index in [2.05, 4.69) is 10.1 Å². The zero-order valence-corrected chi connectivity index (χ0v) is 13.2. The Balaban J connectivity index is 2.42. The van der Waals surface area contributed by atoms with Crippen molar-refractivity contribution in [3.05, 3.63) is 42.5 Å². The van der Waals surface area contributed by atoms with Crippen LogP contribution in [0, 0.1) is 0 Å². The van der Waals surface area contributed by atoms with Gasteiger partial charge in [-0.2, -0.15) is 5.10 Å². The van der Waals surface area contributed by atoms with Gasteiger partial charge in [-0.1, -0.05) is 12.1 Å². The SMILES string of the molecule is COc1ccc(C=C(C(O)C(C)(C)OC)n2cncn2)cc1. The molecule has 0 aliphatic heterocycles. The van der Waals surface area contributed by atoms with Crippen molar-refractivity contribution in [3.63, 3.8) is 0 Å². The van der Waals surface area contributed by atoms with E-state index in [1.165, 1.54) is 11.0 Å². The molecule has 0 bridgehead atoms. The number of aliphatic hydroxyl groups excluding tert-OH is 1. The van der Waals surface area contributed by atoms with Crippen LogP contribution in [0.2, 0.25) is 0 Å². The predicted molar refractivity (Wildman–Crippen MR) is 84.3 cm³/mol. The number of ether oxygens (including phenoxy) is 2. The summed E-state index contributed by atoms with van der Waals surface area (Å²) in [6, 6.07) is 7.53. The monoisotopic (exact) mass is 303 g/mol. The summed E-state index contributed by atoms with van der Waals surface area (Å²) in [6.45, 7) is 3.63. The first-order chi connectivity index (χ1) is 10.5. The third-order valence-electron chi connectivity index (χ3n) is 3.58. The molecule has 1 heterocycles. The number of aliphatic hydroxyl groups is 1. The van der Waals surface area contributed by atoms with Crippen molar-refractivity contribution < 1.29 is 14.6 Å². The van der Waals surface area contributed by atoms with Crippen LogP contribution in [0.5, 0.6) is 5.75 Å². The van der Waals surface area contributed by atoms with Crippen LogP contribution >= 0.6 is 0 Å². The highest BCUT2D eigenvalue weighted by molar-refractivity contribution is 5.73. The number of methoxy groups -OCH3 is 2. The molecule has 0 amide bonds. The van der Waals surface area contributed by atoms with Gasteiger partial charge in [0.1, 0.15) is 24.5 Å². The fourth-order valence-electron chi connectivity index (χ4n) is 1.95. The van der Waals surface area contributed by atoms with E-state index in [1.54, 1.807) is 20.5 Å². The molecule has 0 radical (unpaired) electrons. The van der Waals surface area contributed by atoms with E-state index in [0.29, 0.717) is 5.70 Å². The predicted octanol–water partition coefficient (Wildman–Crippen LogP) is 2.07. The minimum Gasteiger partial charge on any atom is -0.497 e. The molecule has 0 aliphatic rings. The van der Waals surface area contributed by atoms with Crippen LogP contribution in [0.25, 0.3) is 11.8 Å². The summed E-state index contributed by atoms with van der Waals surface area (Å²) in [5, 5.41) is 14.8. The van der Waals surface area contributed by atoms with Crippen molar-refractivity contribution in [1.29, 1.82) is 0 Å². The first kappa shape index (κ1) is 16.2. The third kappa shape index (κ3) is 3.52. The van der Waals surface area contributed by atoms with Gasteiger partial charge in [-0.15, -0.1) is 0 Å². The summed E-state index contributed by atoms with van der Waals surface area (Å²) >= 11 is 0. The van der Waals surface area contributed by atoms with Crippen molar-refractivity contribution in [2.75, 3.05) is 14.2 Å². The highest BCUT2D eigenvalue weighted by atomic mass is 16.5. The van der Waals surface area contributed by atoms with Crippen LogP contribution in [0.3, 0.4) is 0 Å². The zero-order chi connectivity index (χ0) is 16.2. The number of hydrogen-bond acceptors (Lipinski definition) is 5. The molecular formula is C16H21N3O3. The molecule has 1 aromatic carbocycles. The number of nitrogens with zero attached hydrogens (tertiary/aromatic N) is 3. The molecular weight excluding hydrogens is 282 g/mol. The maximum Gasteiger partial charge on any atom is 0.138 e. The van der Waals surface area contributed by atoms with Crippen molar-refractivity contribution in [3.8, 4) is 5.75 Å². The molecule has 1 unspecified atom stereocenters. The van der Waals surface area contributed by atoms with E-state index in [1.807, 2.05) is 44.2 Å². The minimum absolute atomic E-state index is 0.578. The van der Waals surface area contributed by atoms with E-state index < -0.39 is 11.7 Å².